The summed E-state index contributed by atoms with van der Waals surface area (Å²) >= 11 is 0. The van der Waals surface area contributed by atoms with Gasteiger partial charge in [0.15, 0.2) is 0 Å². The lowest BCUT2D eigenvalue weighted by atomic mass is 10.2. The van der Waals surface area contributed by atoms with Crippen molar-refractivity contribution in [2.24, 2.45) is 0 Å². The number of para-hydroxylation sites is 1. The van der Waals surface area contributed by atoms with Crippen LogP contribution in [-0.4, -0.2) is 79.0 Å². The number of hydrogen-bond acceptors (Lipinski definition) is 3. The number of fused-ring (bicyclic) bond motifs is 1. The second-order valence-electron chi connectivity index (χ2n) is 6.56. The molecular weight excluding hydrogens is 288 g/mol. The highest BCUT2D eigenvalue weighted by Gasteiger charge is 2.22. The molecule has 1 aliphatic heterocycles. The lowest BCUT2D eigenvalue weighted by Gasteiger charge is -2.34. The summed E-state index contributed by atoms with van der Waals surface area (Å²) in [5, 5.41) is 1.10. The first kappa shape index (κ1) is 16.0. The molecule has 1 fully saturated rings. The summed E-state index contributed by atoms with van der Waals surface area (Å²) < 4.78 is 0. The van der Waals surface area contributed by atoms with E-state index in [2.05, 4.69) is 28.9 Å². The van der Waals surface area contributed by atoms with Gasteiger partial charge in [-0.1, -0.05) is 18.2 Å². The largest absolute Gasteiger partial charge is 0.351 e. The van der Waals surface area contributed by atoms with Crippen molar-refractivity contribution in [1.82, 2.24) is 19.7 Å². The Bertz CT molecular complexity index is 623. The predicted octanol–water partition coefficient (Wildman–Crippen LogP) is 1.88. The Labute approximate surface area is 137 Å². The zero-order valence-electron chi connectivity index (χ0n) is 14.1. The SMILES string of the molecule is CN(C)CCCN1CCN(C(=O)c2cc3ccccc3[nH]2)CC1. The van der Waals surface area contributed by atoms with Crippen LogP contribution in [-0.2, 0) is 0 Å². The molecule has 0 saturated carbocycles. The number of aromatic amines is 1. The van der Waals surface area contributed by atoms with E-state index in [0.29, 0.717) is 5.69 Å². The molecule has 1 saturated heterocycles. The lowest BCUT2D eigenvalue weighted by Crippen LogP contribution is -2.49. The molecule has 1 aromatic heterocycles. The van der Waals surface area contributed by atoms with Crippen LogP contribution < -0.4 is 0 Å². The van der Waals surface area contributed by atoms with Crippen LogP contribution in [0.2, 0.25) is 0 Å². The average Bonchev–Trinajstić information content (AvgIpc) is 2.98. The van der Waals surface area contributed by atoms with E-state index in [-0.39, 0.29) is 5.91 Å². The molecule has 5 heteroatoms. The Hall–Kier alpha value is -1.85. The van der Waals surface area contributed by atoms with E-state index >= 15 is 0 Å². The molecule has 2 heterocycles. The molecule has 1 aliphatic rings. The molecule has 1 N–H and O–H groups in total. The highest BCUT2D eigenvalue weighted by atomic mass is 16.2. The second kappa shape index (κ2) is 7.15. The Balaban J connectivity index is 1.53. The van der Waals surface area contributed by atoms with Crippen molar-refractivity contribution in [3.8, 4) is 0 Å². The third kappa shape index (κ3) is 3.92. The molecule has 1 aromatic carbocycles. The minimum atomic E-state index is 0.120. The van der Waals surface area contributed by atoms with Crippen LogP contribution >= 0.6 is 0 Å². The summed E-state index contributed by atoms with van der Waals surface area (Å²) in [7, 11) is 4.22. The molecule has 2 aromatic rings. The minimum absolute atomic E-state index is 0.120. The van der Waals surface area contributed by atoms with E-state index < -0.39 is 0 Å². The molecule has 23 heavy (non-hydrogen) atoms. The Morgan fingerprint density at radius 2 is 1.91 bits per heavy atom. The zero-order chi connectivity index (χ0) is 16.2. The number of hydrogen-bond donors (Lipinski definition) is 1. The van der Waals surface area contributed by atoms with Crippen molar-refractivity contribution in [2.75, 3.05) is 53.4 Å². The van der Waals surface area contributed by atoms with Crippen molar-refractivity contribution in [3.05, 3.63) is 36.0 Å². The number of carbonyl (C=O) groups is 1. The molecule has 5 nitrogen and oxygen atoms in total. The van der Waals surface area contributed by atoms with E-state index in [4.69, 9.17) is 0 Å². The third-order valence-corrected chi connectivity index (χ3v) is 4.50. The molecule has 0 radical (unpaired) electrons. The van der Waals surface area contributed by atoms with Gasteiger partial charge >= 0.3 is 0 Å². The normalized spacial score (nSPS) is 16.4. The lowest BCUT2D eigenvalue weighted by molar-refractivity contribution is 0.0629. The van der Waals surface area contributed by atoms with E-state index in [1.165, 1.54) is 6.42 Å². The number of aromatic nitrogens is 1. The zero-order valence-corrected chi connectivity index (χ0v) is 14.1. The van der Waals surface area contributed by atoms with E-state index in [0.717, 1.165) is 50.2 Å². The molecule has 0 unspecified atom stereocenters. The maximum atomic E-state index is 12.6. The standard InChI is InChI=1S/C18H26N4O/c1-20(2)8-5-9-21-10-12-22(13-11-21)18(23)17-14-15-6-3-4-7-16(15)19-17/h3-4,6-7,14,19H,5,8-13H2,1-2H3. The van der Waals surface area contributed by atoms with Gasteiger partial charge in [0.25, 0.3) is 5.91 Å². The van der Waals surface area contributed by atoms with Crippen LogP contribution in [0.15, 0.2) is 30.3 Å². The van der Waals surface area contributed by atoms with Gasteiger partial charge in [-0.15, -0.1) is 0 Å². The summed E-state index contributed by atoms with van der Waals surface area (Å²) in [6.45, 7) is 5.81. The summed E-state index contributed by atoms with van der Waals surface area (Å²) in [6.07, 6.45) is 1.18. The van der Waals surface area contributed by atoms with Crippen molar-refractivity contribution in [3.63, 3.8) is 0 Å². The van der Waals surface area contributed by atoms with Crippen LogP contribution in [0.5, 0.6) is 0 Å². The average molecular weight is 314 g/mol. The van der Waals surface area contributed by atoms with Crippen LogP contribution in [0.1, 0.15) is 16.9 Å². The third-order valence-electron chi connectivity index (χ3n) is 4.50. The fourth-order valence-electron chi connectivity index (χ4n) is 3.14. The van der Waals surface area contributed by atoms with E-state index in [1.54, 1.807) is 0 Å². The minimum Gasteiger partial charge on any atom is -0.351 e. The van der Waals surface area contributed by atoms with Gasteiger partial charge in [-0.3, -0.25) is 9.69 Å². The molecule has 0 spiro atoms. The van der Waals surface area contributed by atoms with Gasteiger partial charge < -0.3 is 14.8 Å². The Kier molecular flexibility index (Phi) is 4.98. The van der Waals surface area contributed by atoms with Crippen LogP contribution in [0, 0.1) is 0 Å². The predicted molar refractivity (Wildman–Crippen MR) is 93.8 cm³/mol. The van der Waals surface area contributed by atoms with Gasteiger partial charge in [0, 0.05) is 37.1 Å². The second-order valence-corrected chi connectivity index (χ2v) is 6.56. The number of carbonyl (C=O) groups excluding carboxylic acids is 1. The first-order chi connectivity index (χ1) is 11.1. The van der Waals surface area contributed by atoms with Crippen molar-refractivity contribution in [2.45, 2.75) is 6.42 Å². The summed E-state index contributed by atoms with van der Waals surface area (Å²) in [5.41, 5.74) is 1.73. The van der Waals surface area contributed by atoms with Gasteiger partial charge in [0.05, 0.1) is 0 Å². The number of piperazine rings is 1. The molecule has 0 atom stereocenters. The summed E-state index contributed by atoms with van der Waals surface area (Å²) in [4.78, 5) is 22.5. The quantitative estimate of drug-likeness (QED) is 0.916. The highest BCUT2D eigenvalue weighted by Crippen LogP contribution is 2.16. The number of benzene rings is 1. The Morgan fingerprint density at radius 3 is 2.61 bits per heavy atom. The number of nitrogens with one attached hydrogen (secondary N) is 1. The van der Waals surface area contributed by atoms with Crippen LogP contribution in [0.25, 0.3) is 10.9 Å². The molecule has 124 valence electrons. The first-order valence-electron chi connectivity index (χ1n) is 8.37. The maximum Gasteiger partial charge on any atom is 0.270 e. The number of rotatable bonds is 5. The van der Waals surface area contributed by atoms with Crippen molar-refractivity contribution in [1.29, 1.82) is 0 Å². The first-order valence-corrected chi connectivity index (χ1v) is 8.37. The topological polar surface area (TPSA) is 42.6 Å². The van der Waals surface area contributed by atoms with Crippen molar-refractivity contribution >= 4 is 16.8 Å². The molecular formula is C18H26N4O. The van der Waals surface area contributed by atoms with E-state index in [9.17, 15) is 4.79 Å². The summed E-state index contributed by atoms with van der Waals surface area (Å²) in [6, 6.07) is 9.98. The fourth-order valence-corrected chi connectivity index (χ4v) is 3.14. The molecule has 3 rings (SSSR count). The van der Waals surface area contributed by atoms with Gasteiger partial charge in [-0.05, 0) is 45.7 Å². The Morgan fingerprint density at radius 1 is 1.17 bits per heavy atom. The molecule has 0 bridgehead atoms. The number of H-pyrrole nitrogens is 1. The van der Waals surface area contributed by atoms with Gasteiger partial charge in [0.2, 0.25) is 0 Å². The highest BCUT2D eigenvalue weighted by molar-refractivity contribution is 5.98. The van der Waals surface area contributed by atoms with Gasteiger partial charge in [-0.2, -0.15) is 0 Å². The van der Waals surface area contributed by atoms with Crippen molar-refractivity contribution < 1.29 is 4.79 Å². The smallest absolute Gasteiger partial charge is 0.270 e. The molecule has 1 amide bonds. The number of nitrogens with zero attached hydrogens (tertiary/aromatic N) is 3. The molecule has 0 aliphatic carbocycles. The number of amides is 1. The fraction of sp³-hybridized carbons (Fsp3) is 0.500. The van der Waals surface area contributed by atoms with Gasteiger partial charge in [-0.25, -0.2) is 0 Å². The monoisotopic (exact) mass is 314 g/mol. The van der Waals surface area contributed by atoms with E-state index in [1.807, 2.05) is 35.2 Å². The van der Waals surface area contributed by atoms with Gasteiger partial charge in [0.1, 0.15) is 5.69 Å². The maximum absolute atomic E-state index is 12.6. The van der Waals surface area contributed by atoms with Crippen LogP contribution in [0.3, 0.4) is 0 Å². The van der Waals surface area contributed by atoms with Crippen LogP contribution in [0.4, 0.5) is 0 Å². The summed E-state index contributed by atoms with van der Waals surface area (Å²) in [5.74, 6) is 0.120.